The van der Waals surface area contributed by atoms with Gasteiger partial charge in [0.25, 0.3) is 5.91 Å². The smallest absolute Gasteiger partial charge is 0.251 e. The molecule has 0 aliphatic carbocycles. The number of nitrogens with one attached hydrogen (secondary N) is 2. The third kappa shape index (κ3) is 5.73. The van der Waals surface area contributed by atoms with Crippen molar-refractivity contribution in [1.29, 1.82) is 0 Å². The fourth-order valence-electron chi connectivity index (χ4n) is 3.35. The Balaban J connectivity index is 1.74. The molecule has 0 unspecified atom stereocenters. The highest BCUT2D eigenvalue weighted by molar-refractivity contribution is 7.89. The van der Waals surface area contributed by atoms with Gasteiger partial charge in [0, 0.05) is 24.3 Å². The number of ether oxygens (including phenoxy) is 1. The Hall–Kier alpha value is -2.75. The molecule has 0 spiro atoms. The van der Waals surface area contributed by atoms with Crippen LogP contribution < -0.4 is 10.6 Å². The molecule has 2 aromatic rings. The monoisotopic (exact) mass is 459 g/mol. The van der Waals surface area contributed by atoms with Crippen molar-refractivity contribution in [2.45, 2.75) is 31.7 Å². The number of nitrogens with zero attached hydrogens (tertiary/aromatic N) is 1. The number of morpholine rings is 1. The van der Waals surface area contributed by atoms with E-state index in [1.807, 2.05) is 32.9 Å². The zero-order valence-corrected chi connectivity index (χ0v) is 19.3. The van der Waals surface area contributed by atoms with Crippen molar-refractivity contribution in [3.63, 3.8) is 0 Å². The maximum atomic E-state index is 12.9. The number of benzene rings is 2. The van der Waals surface area contributed by atoms with Crippen LogP contribution in [0.1, 0.15) is 29.8 Å². The number of amides is 2. The highest BCUT2D eigenvalue weighted by Crippen LogP contribution is 2.19. The van der Waals surface area contributed by atoms with Crippen LogP contribution in [0.5, 0.6) is 0 Å². The fourth-order valence-corrected chi connectivity index (χ4v) is 4.80. The minimum absolute atomic E-state index is 0.0391. The van der Waals surface area contributed by atoms with Gasteiger partial charge < -0.3 is 15.4 Å². The van der Waals surface area contributed by atoms with Crippen LogP contribution in [0.2, 0.25) is 0 Å². The standard InChI is InChI=1S/C23H29N3O5S/c1-16(2)21(23(28)24-19-9-7-17(3)8-10-19)25-22(27)18-5-4-6-20(15-18)32(29,30)26-11-13-31-14-12-26/h4-10,15-16,21H,11-14H2,1-3H3,(H,24,28)(H,25,27)/t21-/m0/s1. The lowest BCUT2D eigenvalue weighted by molar-refractivity contribution is -0.118. The lowest BCUT2D eigenvalue weighted by Gasteiger charge is -2.26. The van der Waals surface area contributed by atoms with E-state index in [4.69, 9.17) is 4.74 Å². The first kappa shape index (κ1) is 23.9. The normalized spacial score (nSPS) is 15.9. The summed E-state index contributed by atoms with van der Waals surface area (Å²) in [7, 11) is -3.73. The predicted molar refractivity (Wildman–Crippen MR) is 122 cm³/mol. The SMILES string of the molecule is Cc1ccc(NC(=O)[C@@H](NC(=O)c2cccc(S(=O)(=O)N3CCOCC3)c2)C(C)C)cc1. The van der Waals surface area contributed by atoms with E-state index in [2.05, 4.69) is 10.6 Å². The molecular weight excluding hydrogens is 430 g/mol. The molecule has 8 nitrogen and oxygen atoms in total. The Morgan fingerprint density at radius 1 is 1.03 bits per heavy atom. The summed E-state index contributed by atoms with van der Waals surface area (Å²) in [6.07, 6.45) is 0. The second-order valence-corrected chi connectivity index (χ2v) is 10.0. The zero-order chi connectivity index (χ0) is 23.3. The lowest BCUT2D eigenvalue weighted by atomic mass is 10.0. The topological polar surface area (TPSA) is 105 Å². The van der Waals surface area contributed by atoms with Crippen LogP contribution >= 0.6 is 0 Å². The van der Waals surface area contributed by atoms with Crippen molar-refractivity contribution < 1.29 is 22.7 Å². The number of hydrogen-bond acceptors (Lipinski definition) is 5. The lowest BCUT2D eigenvalue weighted by Crippen LogP contribution is -2.47. The summed E-state index contributed by atoms with van der Waals surface area (Å²) in [4.78, 5) is 25.7. The van der Waals surface area contributed by atoms with Crippen LogP contribution in [-0.4, -0.2) is 56.9 Å². The molecule has 0 aromatic heterocycles. The Kier molecular flexibility index (Phi) is 7.65. The molecular formula is C23H29N3O5S. The van der Waals surface area contributed by atoms with Crippen LogP contribution in [0.3, 0.4) is 0 Å². The van der Waals surface area contributed by atoms with E-state index in [0.29, 0.717) is 18.9 Å². The summed E-state index contributed by atoms with van der Waals surface area (Å²) in [5.41, 5.74) is 1.89. The van der Waals surface area contributed by atoms with E-state index >= 15 is 0 Å². The molecule has 1 fully saturated rings. The van der Waals surface area contributed by atoms with Crippen molar-refractivity contribution in [2.24, 2.45) is 5.92 Å². The summed E-state index contributed by atoms with van der Waals surface area (Å²) in [6, 6.07) is 12.4. The quantitative estimate of drug-likeness (QED) is 0.662. The van der Waals surface area contributed by atoms with Gasteiger partial charge in [0.2, 0.25) is 15.9 Å². The Labute approximate surface area is 189 Å². The van der Waals surface area contributed by atoms with Gasteiger partial charge in [0.1, 0.15) is 6.04 Å². The molecule has 1 aliphatic rings. The second-order valence-electron chi connectivity index (χ2n) is 8.09. The molecule has 172 valence electrons. The molecule has 2 N–H and O–H groups in total. The van der Waals surface area contributed by atoms with Crippen LogP contribution in [-0.2, 0) is 19.6 Å². The van der Waals surface area contributed by atoms with Crippen LogP contribution in [0.15, 0.2) is 53.4 Å². The van der Waals surface area contributed by atoms with Gasteiger partial charge >= 0.3 is 0 Å². The first-order valence-electron chi connectivity index (χ1n) is 10.5. The Morgan fingerprint density at radius 3 is 2.31 bits per heavy atom. The molecule has 1 aliphatic heterocycles. The van der Waals surface area contributed by atoms with E-state index < -0.39 is 22.0 Å². The third-order valence-electron chi connectivity index (χ3n) is 5.26. The van der Waals surface area contributed by atoms with Gasteiger partial charge in [-0.05, 0) is 43.2 Å². The molecule has 9 heteroatoms. The minimum atomic E-state index is -3.73. The van der Waals surface area contributed by atoms with Crippen LogP contribution in [0, 0.1) is 12.8 Å². The zero-order valence-electron chi connectivity index (χ0n) is 18.5. The Bertz CT molecular complexity index is 1060. The van der Waals surface area contributed by atoms with Crippen LogP contribution in [0.25, 0.3) is 0 Å². The van der Waals surface area contributed by atoms with Gasteiger partial charge in [-0.2, -0.15) is 4.31 Å². The number of sulfonamides is 1. The van der Waals surface area contributed by atoms with Crippen molar-refractivity contribution in [2.75, 3.05) is 31.6 Å². The van der Waals surface area contributed by atoms with E-state index in [1.54, 1.807) is 12.1 Å². The summed E-state index contributed by atoms with van der Waals surface area (Å²) in [6.45, 7) is 6.84. The number of anilines is 1. The molecule has 2 aromatic carbocycles. The molecule has 0 radical (unpaired) electrons. The number of carbonyl (C=O) groups is 2. The van der Waals surface area contributed by atoms with Crippen molar-refractivity contribution >= 4 is 27.5 Å². The van der Waals surface area contributed by atoms with Crippen LogP contribution in [0.4, 0.5) is 5.69 Å². The average Bonchev–Trinajstić information content (AvgIpc) is 2.79. The summed E-state index contributed by atoms with van der Waals surface area (Å²) < 4.78 is 32.4. The second kappa shape index (κ2) is 10.2. The number of rotatable bonds is 7. The van der Waals surface area contributed by atoms with Gasteiger partial charge in [-0.3, -0.25) is 9.59 Å². The van der Waals surface area contributed by atoms with Crippen molar-refractivity contribution in [3.05, 3.63) is 59.7 Å². The van der Waals surface area contributed by atoms with E-state index in [9.17, 15) is 18.0 Å². The fraction of sp³-hybridized carbons (Fsp3) is 0.391. The van der Waals surface area contributed by atoms with E-state index in [-0.39, 0.29) is 35.4 Å². The maximum absolute atomic E-state index is 12.9. The van der Waals surface area contributed by atoms with E-state index in [1.165, 1.54) is 28.6 Å². The van der Waals surface area contributed by atoms with Gasteiger partial charge in [0.05, 0.1) is 18.1 Å². The minimum Gasteiger partial charge on any atom is -0.379 e. The molecule has 0 saturated carbocycles. The molecule has 0 bridgehead atoms. The highest BCUT2D eigenvalue weighted by Gasteiger charge is 2.28. The molecule has 3 rings (SSSR count). The number of hydrogen-bond donors (Lipinski definition) is 2. The molecule has 1 heterocycles. The summed E-state index contributed by atoms with van der Waals surface area (Å²) >= 11 is 0. The molecule has 32 heavy (non-hydrogen) atoms. The molecule has 1 atom stereocenters. The number of aryl methyl sites for hydroxylation is 1. The Morgan fingerprint density at radius 2 is 1.69 bits per heavy atom. The van der Waals surface area contributed by atoms with Gasteiger partial charge in [0.15, 0.2) is 0 Å². The third-order valence-corrected chi connectivity index (χ3v) is 7.15. The van der Waals surface area contributed by atoms with Gasteiger partial charge in [-0.1, -0.05) is 37.6 Å². The van der Waals surface area contributed by atoms with Gasteiger partial charge in [-0.25, -0.2) is 8.42 Å². The van der Waals surface area contributed by atoms with Crippen molar-refractivity contribution in [1.82, 2.24) is 9.62 Å². The first-order chi connectivity index (χ1) is 15.2. The van der Waals surface area contributed by atoms with Gasteiger partial charge in [-0.15, -0.1) is 0 Å². The highest BCUT2D eigenvalue weighted by atomic mass is 32.2. The molecule has 2 amide bonds. The van der Waals surface area contributed by atoms with E-state index in [0.717, 1.165) is 5.56 Å². The molecule has 1 saturated heterocycles. The predicted octanol–water partition coefficient (Wildman–Crippen LogP) is 2.41. The largest absolute Gasteiger partial charge is 0.379 e. The average molecular weight is 460 g/mol. The summed E-state index contributed by atoms with van der Waals surface area (Å²) in [5.74, 6) is -1.03. The summed E-state index contributed by atoms with van der Waals surface area (Å²) in [5, 5.41) is 5.56. The first-order valence-corrected chi connectivity index (χ1v) is 12.0. The van der Waals surface area contributed by atoms with Crippen molar-refractivity contribution in [3.8, 4) is 0 Å². The number of carbonyl (C=O) groups excluding carboxylic acids is 2. The maximum Gasteiger partial charge on any atom is 0.251 e.